The highest BCUT2D eigenvalue weighted by Gasteiger charge is 2.24. The van der Waals surface area contributed by atoms with E-state index in [1.54, 1.807) is 17.7 Å². The highest BCUT2D eigenvalue weighted by molar-refractivity contribution is 7.90. The molecule has 0 unspecified atom stereocenters. The van der Waals surface area contributed by atoms with Gasteiger partial charge in [-0.25, -0.2) is 13.4 Å². The summed E-state index contributed by atoms with van der Waals surface area (Å²) in [5, 5.41) is 4.44. The van der Waals surface area contributed by atoms with Crippen molar-refractivity contribution in [2.24, 2.45) is 0 Å². The zero-order valence-electron chi connectivity index (χ0n) is 11.2. The summed E-state index contributed by atoms with van der Waals surface area (Å²) in [4.78, 5) is 3.85. The molecule has 2 aromatic heterocycles. The number of nitrogens with zero attached hydrogens (tertiary/aromatic N) is 3. The number of sulfone groups is 1. The SMILES string of the molecule is CCn1nc(C)c(Cl)c1CS(=O)(=O)c1ncccc1N. The zero-order valence-corrected chi connectivity index (χ0v) is 12.7. The van der Waals surface area contributed by atoms with Crippen LogP contribution in [0.15, 0.2) is 23.4 Å². The molecule has 0 amide bonds. The third kappa shape index (κ3) is 2.64. The van der Waals surface area contributed by atoms with E-state index >= 15 is 0 Å². The average Bonchev–Trinajstić information content (AvgIpc) is 2.66. The fraction of sp³-hybridized carbons (Fsp3) is 0.333. The molecule has 0 saturated heterocycles. The van der Waals surface area contributed by atoms with Crippen molar-refractivity contribution in [2.45, 2.75) is 31.2 Å². The molecule has 0 aliphatic carbocycles. The maximum absolute atomic E-state index is 12.4. The standard InChI is InChI=1S/C12H15ClN4O2S/c1-3-17-10(11(13)8(2)16-17)7-20(18,19)12-9(14)5-4-6-15-12/h4-6H,3,7,14H2,1-2H3. The molecule has 2 heterocycles. The Kier molecular flexibility index (Phi) is 4.01. The number of anilines is 1. The highest BCUT2D eigenvalue weighted by Crippen LogP contribution is 2.26. The lowest BCUT2D eigenvalue weighted by atomic mass is 10.4. The number of rotatable bonds is 4. The number of nitrogen functional groups attached to an aromatic ring is 1. The van der Waals surface area contributed by atoms with Crippen LogP contribution in [-0.4, -0.2) is 23.2 Å². The molecule has 0 aromatic carbocycles. The first kappa shape index (κ1) is 14.8. The van der Waals surface area contributed by atoms with Crippen molar-refractivity contribution in [1.29, 1.82) is 0 Å². The smallest absolute Gasteiger partial charge is 0.203 e. The van der Waals surface area contributed by atoms with E-state index in [2.05, 4.69) is 10.1 Å². The number of aryl methyl sites for hydroxylation is 2. The van der Waals surface area contributed by atoms with E-state index in [9.17, 15) is 8.42 Å². The van der Waals surface area contributed by atoms with Gasteiger partial charge in [0.05, 0.1) is 27.9 Å². The van der Waals surface area contributed by atoms with Gasteiger partial charge in [0.15, 0.2) is 5.03 Å². The molecule has 20 heavy (non-hydrogen) atoms. The summed E-state index contributed by atoms with van der Waals surface area (Å²) >= 11 is 6.13. The summed E-state index contributed by atoms with van der Waals surface area (Å²) in [5.41, 5.74) is 6.86. The number of hydrogen-bond acceptors (Lipinski definition) is 5. The van der Waals surface area contributed by atoms with Crippen molar-refractivity contribution in [3.63, 3.8) is 0 Å². The molecule has 2 rings (SSSR count). The van der Waals surface area contributed by atoms with E-state index in [1.807, 2.05) is 6.92 Å². The van der Waals surface area contributed by atoms with Crippen molar-refractivity contribution in [3.8, 4) is 0 Å². The summed E-state index contributed by atoms with van der Waals surface area (Å²) in [5.74, 6) is -0.276. The molecule has 0 radical (unpaired) electrons. The number of aromatic nitrogens is 3. The Bertz CT molecular complexity index is 740. The van der Waals surface area contributed by atoms with Crippen LogP contribution >= 0.6 is 11.6 Å². The monoisotopic (exact) mass is 314 g/mol. The molecule has 0 fully saturated rings. The maximum Gasteiger partial charge on any atom is 0.203 e. The quantitative estimate of drug-likeness (QED) is 0.929. The third-order valence-corrected chi connectivity index (χ3v) is 4.95. The molecule has 8 heteroatoms. The Hall–Kier alpha value is -1.60. The van der Waals surface area contributed by atoms with Crippen molar-refractivity contribution in [1.82, 2.24) is 14.8 Å². The highest BCUT2D eigenvalue weighted by atomic mass is 35.5. The van der Waals surface area contributed by atoms with Gasteiger partial charge in [-0.1, -0.05) is 11.6 Å². The Morgan fingerprint density at radius 2 is 2.15 bits per heavy atom. The fourth-order valence-corrected chi connectivity index (χ4v) is 3.64. The summed E-state index contributed by atoms with van der Waals surface area (Å²) in [6.07, 6.45) is 1.40. The van der Waals surface area contributed by atoms with Crippen LogP contribution < -0.4 is 5.73 Å². The first-order valence-corrected chi connectivity index (χ1v) is 8.05. The van der Waals surface area contributed by atoms with E-state index in [4.69, 9.17) is 17.3 Å². The van der Waals surface area contributed by atoms with Gasteiger partial charge in [-0.15, -0.1) is 0 Å². The molecule has 2 N–H and O–H groups in total. The summed E-state index contributed by atoms with van der Waals surface area (Å²) in [6, 6.07) is 3.09. The van der Waals surface area contributed by atoms with Crippen molar-refractivity contribution >= 4 is 27.1 Å². The topological polar surface area (TPSA) is 90.9 Å². The number of hydrogen-bond donors (Lipinski definition) is 1. The molecule has 0 spiro atoms. The Morgan fingerprint density at radius 1 is 1.45 bits per heavy atom. The summed E-state index contributed by atoms with van der Waals surface area (Å²) < 4.78 is 26.4. The van der Waals surface area contributed by atoms with Gasteiger partial charge >= 0.3 is 0 Å². The molecule has 0 atom stereocenters. The minimum absolute atomic E-state index is 0.127. The maximum atomic E-state index is 12.4. The normalized spacial score (nSPS) is 11.8. The van der Waals surface area contributed by atoms with E-state index in [-0.39, 0.29) is 16.5 Å². The second kappa shape index (κ2) is 5.41. The minimum Gasteiger partial charge on any atom is -0.396 e. The lowest BCUT2D eigenvalue weighted by molar-refractivity contribution is 0.583. The zero-order chi connectivity index (χ0) is 14.9. The summed E-state index contributed by atoms with van der Waals surface area (Å²) in [7, 11) is -3.67. The largest absolute Gasteiger partial charge is 0.396 e. The molecular formula is C12H15ClN4O2S. The van der Waals surface area contributed by atoms with Crippen LogP contribution in [-0.2, 0) is 22.1 Å². The number of pyridine rings is 1. The molecule has 2 aromatic rings. The molecule has 108 valence electrons. The van der Waals surface area contributed by atoms with Crippen molar-refractivity contribution in [2.75, 3.05) is 5.73 Å². The number of nitrogens with two attached hydrogens (primary N) is 1. The van der Waals surface area contributed by atoms with Gasteiger partial charge in [-0.2, -0.15) is 5.10 Å². The first-order chi connectivity index (χ1) is 9.36. The van der Waals surface area contributed by atoms with Crippen LogP contribution in [0, 0.1) is 6.92 Å². The molecule has 6 nitrogen and oxygen atoms in total. The average molecular weight is 315 g/mol. The van der Waals surface area contributed by atoms with Gasteiger partial charge in [0.2, 0.25) is 9.84 Å². The van der Waals surface area contributed by atoms with Crippen LogP contribution in [0.25, 0.3) is 0 Å². The molecule has 0 aliphatic heterocycles. The van der Waals surface area contributed by atoms with Gasteiger partial charge in [0.25, 0.3) is 0 Å². The van der Waals surface area contributed by atoms with Crippen LogP contribution in [0.3, 0.4) is 0 Å². The van der Waals surface area contributed by atoms with Crippen LogP contribution in [0.4, 0.5) is 5.69 Å². The van der Waals surface area contributed by atoms with E-state index in [1.165, 1.54) is 12.3 Å². The lowest BCUT2D eigenvalue weighted by Crippen LogP contribution is -2.13. The van der Waals surface area contributed by atoms with E-state index < -0.39 is 9.84 Å². The van der Waals surface area contributed by atoms with E-state index in [0.717, 1.165) is 0 Å². The third-order valence-electron chi connectivity index (χ3n) is 2.87. The van der Waals surface area contributed by atoms with Gasteiger partial charge in [-0.3, -0.25) is 4.68 Å². The van der Waals surface area contributed by atoms with Crippen LogP contribution in [0.5, 0.6) is 0 Å². The molecule has 0 saturated carbocycles. The van der Waals surface area contributed by atoms with Gasteiger partial charge in [0.1, 0.15) is 0 Å². The predicted octanol–water partition coefficient (Wildman–Crippen LogP) is 1.82. The van der Waals surface area contributed by atoms with Crippen molar-refractivity contribution in [3.05, 3.63) is 34.7 Å². The summed E-state index contributed by atoms with van der Waals surface area (Å²) in [6.45, 7) is 4.14. The minimum atomic E-state index is -3.67. The molecular weight excluding hydrogens is 300 g/mol. The van der Waals surface area contributed by atoms with E-state index in [0.29, 0.717) is 23.0 Å². The van der Waals surface area contributed by atoms with Crippen molar-refractivity contribution < 1.29 is 8.42 Å². The molecule has 0 aliphatic rings. The Balaban J connectivity index is 2.47. The fourth-order valence-electron chi connectivity index (χ4n) is 1.92. The lowest BCUT2D eigenvalue weighted by Gasteiger charge is -2.08. The van der Waals surface area contributed by atoms with Gasteiger partial charge < -0.3 is 5.73 Å². The predicted molar refractivity (Wildman–Crippen MR) is 77.2 cm³/mol. The Labute approximate surface area is 122 Å². The van der Waals surface area contributed by atoms with Gasteiger partial charge in [-0.05, 0) is 26.0 Å². The first-order valence-electron chi connectivity index (χ1n) is 6.02. The van der Waals surface area contributed by atoms with Gasteiger partial charge in [0, 0.05) is 12.7 Å². The van der Waals surface area contributed by atoms with Crippen LogP contribution in [0.1, 0.15) is 18.3 Å². The second-order valence-electron chi connectivity index (χ2n) is 4.32. The second-order valence-corrected chi connectivity index (χ2v) is 6.60. The molecule has 0 bridgehead atoms. The van der Waals surface area contributed by atoms with Crippen LogP contribution in [0.2, 0.25) is 5.02 Å². The number of halogens is 1. The Morgan fingerprint density at radius 3 is 2.75 bits per heavy atom.